The molecule has 0 aromatic carbocycles. The molecule has 19 heavy (non-hydrogen) atoms. The first kappa shape index (κ1) is 18.3. The second-order valence-corrected chi connectivity index (χ2v) is 5.16. The normalized spacial score (nSPS) is 10.5. The van der Waals surface area contributed by atoms with Crippen LogP contribution in [0.1, 0.15) is 78.6 Å². The lowest BCUT2D eigenvalue weighted by Crippen LogP contribution is -2.33. The molecule has 0 atom stereocenters. The molecular weight excluding hydrogens is 238 g/mol. The number of amides is 1. The maximum Gasteiger partial charge on any atom is 0.409 e. The van der Waals surface area contributed by atoms with E-state index in [9.17, 15) is 4.79 Å². The average molecular weight is 271 g/mol. The van der Waals surface area contributed by atoms with E-state index in [4.69, 9.17) is 4.74 Å². The number of ether oxygens (including phenoxy) is 1. The molecule has 0 N–H and O–H groups in total. The fraction of sp³-hybridized carbons (Fsp3) is 0.938. The summed E-state index contributed by atoms with van der Waals surface area (Å²) in [6, 6.07) is 0. The van der Waals surface area contributed by atoms with E-state index in [-0.39, 0.29) is 6.09 Å². The third-order valence-corrected chi connectivity index (χ3v) is 3.30. The van der Waals surface area contributed by atoms with Crippen LogP contribution in [0.2, 0.25) is 0 Å². The highest BCUT2D eigenvalue weighted by Crippen LogP contribution is 2.09. The van der Waals surface area contributed by atoms with E-state index < -0.39 is 0 Å². The van der Waals surface area contributed by atoms with Crippen molar-refractivity contribution in [3.63, 3.8) is 0 Å². The van der Waals surface area contributed by atoms with Gasteiger partial charge in [0.2, 0.25) is 0 Å². The highest BCUT2D eigenvalue weighted by atomic mass is 16.6. The minimum Gasteiger partial charge on any atom is -0.450 e. The molecule has 0 radical (unpaired) electrons. The molecule has 0 aliphatic rings. The fourth-order valence-electron chi connectivity index (χ4n) is 2.22. The van der Waals surface area contributed by atoms with Crippen LogP contribution in [0.15, 0.2) is 0 Å². The van der Waals surface area contributed by atoms with Gasteiger partial charge >= 0.3 is 6.09 Å². The van der Waals surface area contributed by atoms with Gasteiger partial charge in [-0.1, -0.05) is 58.8 Å². The van der Waals surface area contributed by atoms with Gasteiger partial charge in [-0.15, -0.1) is 0 Å². The Kier molecular flexibility index (Phi) is 13.2. The van der Waals surface area contributed by atoms with Crippen LogP contribution in [0.4, 0.5) is 4.79 Å². The Balaban J connectivity index is 3.55. The van der Waals surface area contributed by atoms with Crippen LogP contribution in [0.5, 0.6) is 0 Å². The molecule has 0 unspecified atom stereocenters. The number of nitrogens with zero attached hydrogens (tertiary/aromatic N) is 1. The summed E-state index contributed by atoms with van der Waals surface area (Å²) in [5.41, 5.74) is 0. The lowest BCUT2D eigenvalue weighted by Gasteiger charge is -2.21. The third kappa shape index (κ3) is 10.8. The van der Waals surface area contributed by atoms with Gasteiger partial charge in [-0.3, -0.25) is 0 Å². The van der Waals surface area contributed by atoms with Crippen molar-refractivity contribution in [3.8, 4) is 0 Å². The molecule has 0 aromatic rings. The second kappa shape index (κ2) is 13.7. The Labute approximate surface area is 119 Å². The van der Waals surface area contributed by atoms with Crippen molar-refractivity contribution in [3.05, 3.63) is 0 Å². The standard InChI is InChI=1S/C16H33NO2/c1-4-7-8-9-10-11-12-13-15-17(14-5-2)16(18)19-6-3/h4-15H2,1-3H3. The van der Waals surface area contributed by atoms with Crippen LogP contribution >= 0.6 is 0 Å². The summed E-state index contributed by atoms with van der Waals surface area (Å²) >= 11 is 0. The largest absolute Gasteiger partial charge is 0.450 e. The Morgan fingerprint density at radius 3 is 1.89 bits per heavy atom. The molecule has 0 aliphatic carbocycles. The number of carbonyl (C=O) groups is 1. The van der Waals surface area contributed by atoms with Gasteiger partial charge in [0.05, 0.1) is 6.61 Å². The fourth-order valence-corrected chi connectivity index (χ4v) is 2.22. The zero-order chi connectivity index (χ0) is 14.3. The lowest BCUT2D eigenvalue weighted by atomic mass is 10.1. The van der Waals surface area contributed by atoms with Crippen LogP contribution in [0.3, 0.4) is 0 Å². The summed E-state index contributed by atoms with van der Waals surface area (Å²) in [5, 5.41) is 0. The van der Waals surface area contributed by atoms with Crippen molar-refractivity contribution in [1.29, 1.82) is 0 Å². The summed E-state index contributed by atoms with van der Waals surface area (Å²) in [6.45, 7) is 8.34. The number of rotatable bonds is 12. The molecule has 0 aromatic heterocycles. The van der Waals surface area contributed by atoms with E-state index in [0.717, 1.165) is 25.9 Å². The number of unbranched alkanes of at least 4 members (excludes halogenated alkanes) is 7. The van der Waals surface area contributed by atoms with Gasteiger partial charge in [-0.2, -0.15) is 0 Å². The summed E-state index contributed by atoms with van der Waals surface area (Å²) < 4.78 is 5.07. The van der Waals surface area contributed by atoms with Crippen molar-refractivity contribution in [1.82, 2.24) is 4.90 Å². The van der Waals surface area contributed by atoms with Gasteiger partial charge < -0.3 is 9.64 Å². The number of hydrogen-bond donors (Lipinski definition) is 0. The SMILES string of the molecule is CCCCCCCCCCN(CCC)C(=O)OCC. The van der Waals surface area contributed by atoms with E-state index in [2.05, 4.69) is 13.8 Å². The zero-order valence-corrected chi connectivity index (χ0v) is 13.2. The first-order valence-electron chi connectivity index (χ1n) is 8.17. The molecule has 0 fully saturated rings. The first-order valence-corrected chi connectivity index (χ1v) is 8.17. The van der Waals surface area contributed by atoms with E-state index in [1.165, 1.54) is 44.9 Å². The molecule has 0 rings (SSSR count). The molecule has 1 amide bonds. The Morgan fingerprint density at radius 1 is 0.789 bits per heavy atom. The lowest BCUT2D eigenvalue weighted by molar-refractivity contribution is 0.106. The van der Waals surface area contributed by atoms with Crippen molar-refractivity contribution in [2.24, 2.45) is 0 Å². The van der Waals surface area contributed by atoms with Gasteiger partial charge in [0.1, 0.15) is 0 Å². The quantitative estimate of drug-likeness (QED) is 0.468. The van der Waals surface area contributed by atoms with E-state index in [1.807, 2.05) is 11.8 Å². The average Bonchev–Trinajstić information content (AvgIpc) is 2.40. The van der Waals surface area contributed by atoms with Gasteiger partial charge in [0.25, 0.3) is 0 Å². The smallest absolute Gasteiger partial charge is 0.409 e. The minimum atomic E-state index is -0.146. The van der Waals surface area contributed by atoms with Crippen molar-refractivity contribution >= 4 is 6.09 Å². The van der Waals surface area contributed by atoms with Crippen molar-refractivity contribution in [2.75, 3.05) is 19.7 Å². The molecule has 0 spiro atoms. The second-order valence-electron chi connectivity index (χ2n) is 5.16. The van der Waals surface area contributed by atoms with Crippen LogP contribution in [0.25, 0.3) is 0 Å². The van der Waals surface area contributed by atoms with Crippen molar-refractivity contribution in [2.45, 2.75) is 78.6 Å². The molecule has 0 heterocycles. The van der Waals surface area contributed by atoms with Gasteiger partial charge in [0.15, 0.2) is 0 Å². The van der Waals surface area contributed by atoms with E-state index in [0.29, 0.717) is 6.61 Å². The van der Waals surface area contributed by atoms with Crippen LogP contribution in [-0.4, -0.2) is 30.7 Å². The van der Waals surface area contributed by atoms with Gasteiger partial charge in [-0.05, 0) is 19.8 Å². The predicted octanol–water partition coefficient (Wildman–Crippen LogP) is 5.00. The van der Waals surface area contributed by atoms with Crippen LogP contribution in [-0.2, 0) is 4.74 Å². The minimum absolute atomic E-state index is 0.146. The first-order chi connectivity index (χ1) is 9.26. The van der Waals surface area contributed by atoms with E-state index >= 15 is 0 Å². The zero-order valence-electron chi connectivity index (χ0n) is 13.2. The summed E-state index contributed by atoms with van der Waals surface area (Å²) in [7, 11) is 0. The molecule has 3 nitrogen and oxygen atoms in total. The van der Waals surface area contributed by atoms with E-state index in [1.54, 1.807) is 0 Å². The third-order valence-electron chi connectivity index (χ3n) is 3.30. The summed E-state index contributed by atoms with van der Waals surface area (Å²) in [5.74, 6) is 0. The van der Waals surface area contributed by atoms with Gasteiger partial charge in [0, 0.05) is 13.1 Å². The number of hydrogen-bond acceptors (Lipinski definition) is 2. The predicted molar refractivity (Wildman–Crippen MR) is 81.5 cm³/mol. The van der Waals surface area contributed by atoms with Crippen molar-refractivity contribution < 1.29 is 9.53 Å². The molecule has 0 aliphatic heterocycles. The van der Waals surface area contributed by atoms with Crippen LogP contribution < -0.4 is 0 Å². The molecule has 114 valence electrons. The Morgan fingerprint density at radius 2 is 1.37 bits per heavy atom. The number of carbonyl (C=O) groups excluding carboxylic acids is 1. The maximum absolute atomic E-state index is 11.7. The molecule has 0 saturated heterocycles. The molecule has 0 bridgehead atoms. The Bertz CT molecular complexity index is 207. The Hall–Kier alpha value is -0.730. The van der Waals surface area contributed by atoms with Crippen LogP contribution in [0, 0.1) is 0 Å². The highest BCUT2D eigenvalue weighted by Gasteiger charge is 2.12. The van der Waals surface area contributed by atoms with Gasteiger partial charge in [-0.25, -0.2) is 4.79 Å². The monoisotopic (exact) mass is 271 g/mol. The molecule has 3 heteroatoms. The molecule has 0 saturated carbocycles. The summed E-state index contributed by atoms with van der Waals surface area (Å²) in [6.07, 6.45) is 11.2. The molecular formula is C16H33NO2. The topological polar surface area (TPSA) is 29.5 Å². The summed E-state index contributed by atoms with van der Waals surface area (Å²) in [4.78, 5) is 13.5. The highest BCUT2D eigenvalue weighted by molar-refractivity contribution is 5.67. The maximum atomic E-state index is 11.7.